The SMILES string of the molecule is CC1CC(C)CN(S(=O)(=O)c2ccc(NC(=O)c3cccs3)cc2)C1. The van der Waals surface area contributed by atoms with Crippen LogP contribution in [0.15, 0.2) is 46.7 Å². The fraction of sp³-hybridized carbons (Fsp3) is 0.389. The van der Waals surface area contributed by atoms with Crippen LogP contribution in [0, 0.1) is 11.8 Å². The molecule has 0 spiro atoms. The Morgan fingerprint density at radius 1 is 1.12 bits per heavy atom. The number of sulfonamides is 1. The standard InChI is InChI=1S/C18H22N2O3S2/c1-13-10-14(2)12-20(11-13)25(22,23)16-7-5-15(6-8-16)19-18(21)17-4-3-9-24-17/h3-9,13-14H,10-12H2,1-2H3,(H,19,21). The number of nitrogens with zero attached hydrogens (tertiary/aromatic N) is 1. The number of carbonyl (C=O) groups is 1. The molecule has 2 aromatic rings. The number of carbonyl (C=O) groups excluding carboxylic acids is 1. The smallest absolute Gasteiger partial charge is 0.265 e. The van der Waals surface area contributed by atoms with Crippen molar-refractivity contribution in [2.24, 2.45) is 11.8 Å². The highest BCUT2D eigenvalue weighted by atomic mass is 32.2. The number of hydrogen-bond acceptors (Lipinski definition) is 4. The molecule has 2 unspecified atom stereocenters. The third kappa shape index (κ3) is 4.11. The molecule has 134 valence electrons. The Morgan fingerprint density at radius 3 is 2.32 bits per heavy atom. The van der Waals surface area contributed by atoms with E-state index in [4.69, 9.17) is 0 Å². The van der Waals surface area contributed by atoms with Crippen molar-refractivity contribution in [3.8, 4) is 0 Å². The van der Waals surface area contributed by atoms with Crippen LogP contribution >= 0.6 is 11.3 Å². The second-order valence-electron chi connectivity index (χ2n) is 6.72. The first-order chi connectivity index (χ1) is 11.9. The molecular weight excluding hydrogens is 356 g/mol. The van der Waals surface area contributed by atoms with Gasteiger partial charge in [0.25, 0.3) is 5.91 Å². The van der Waals surface area contributed by atoms with E-state index in [2.05, 4.69) is 19.2 Å². The molecule has 0 bridgehead atoms. The Bertz CT molecular complexity index is 820. The van der Waals surface area contributed by atoms with Gasteiger partial charge in [0, 0.05) is 18.8 Å². The highest BCUT2D eigenvalue weighted by Crippen LogP contribution is 2.27. The number of benzene rings is 1. The van der Waals surface area contributed by atoms with Gasteiger partial charge in [0.15, 0.2) is 0 Å². The molecule has 0 saturated carbocycles. The lowest BCUT2D eigenvalue weighted by molar-refractivity contribution is 0.103. The largest absolute Gasteiger partial charge is 0.321 e. The molecule has 0 radical (unpaired) electrons. The molecule has 7 heteroatoms. The number of rotatable bonds is 4. The first-order valence-electron chi connectivity index (χ1n) is 8.31. The quantitative estimate of drug-likeness (QED) is 0.883. The summed E-state index contributed by atoms with van der Waals surface area (Å²) in [5.41, 5.74) is 0.581. The van der Waals surface area contributed by atoms with Crippen molar-refractivity contribution in [1.29, 1.82) is 0 Å². The van der Waals surface area contributed by atoms with E-state index in [1.807, 2.05) is 11.4 Å². The molecule has 25 heavy (non-hydrogen) atoms. The molecular formula is C18H22N2O3S2. The first-order valence-corrected chi connectivity index (χ1v) is 10.6. The molecule has 5 nitrogen and oxygen atoms in total. The molecule has 3 rings (SSSR count). The third-order valence-corrected chi connectivity index (χ3v) is 7.04. The van der Waals surface area contributed by atoms with Crippen molar-refractivity contribution in [2.75, 3.05) is 18.4 Å². The Balaban J connectivity index is 1.74. The zero-order chi connectivity index (χ0) is 18.0. The van der Waals surface area contributed by atoms with Gasteiger partial charge in [-0.3, -0.25) is 4.79 Å². The lowest BCUT2D eigenvalue weighted by atomic mass is 9.94. The minimum atomic E-state index is -3.49. The van der Waals surface area contributed by atoms with Crippen LogP contribution in [0.4, 0.5) is 5.69 Å². The van der Waals surface area contributed by atoms with Crippen LogP contribution in [0.1, 0.15) is 29.9 Å². The van der Waals surface area contributed by atoms with Gasteiger partial charge < -0.3 is 5.32 Å². The highest BCUT2D eigenvalue weighted by Gasteiger charge is 2.31. The maximum absolute atomic E-state index is 12.8. The fourth-order valence-corrected chi connectivity index (χ4v) is 5.56. The van der Waals surface area contributed by atoms with Gasteiger partial charge in [-0.05, 0) is 54.0 Å². The molecule has 1 amide bonds. The summed E-state index contributed by atoms with van der Waals surface area (Å²) in [5, 5.41) is 4.62. The Hall–Kier alpha value is -1.70. The Labute approximate surface area is 152 Å². The van der Waals surface area contributed by atoms with E-state index in [0.717, 1.165) is 6.42 Å². The number of thiophene rings is 1. The molecule has 2 heterocycles. The lowest BCUT2D eigenvalue weighted by Crippen LogP contribution is -2.42. The molecule has 1 aliphatic heterocycles. The second-order valence-corrected chi connectivity index (χ2v) is 9.61. The average molecular weight is 379 g/mol. The topological polar surface area (TPSA) is 66.5 Å². The van der Waals surface area contributed by atoms with E-state index in [9.17, 15) is 13.2 Å². The van der Waals surface area contributed by atoms with Crippen LogP contribution in [0.2, 0.25) is 0 Å². The van der Waals surface area contributed by atoms with E-state index >= 15 is 0 Å². The van der Waals surface area contributed by atoms with E-state index in [-0.39, 0.29) is 10.8 Å². The van der Waals surface area contributed by atoms with Gasteiger partial charge in [0.05, 0.1) is 9.77 Å². The van der Waals surface area contributed by atoms with Gasteiger partial charge in [0.2, 0.25) is 10.0 Å². The van der Waals surface area contributed by atoms with Gasteiger partial charge in [-0.15, -0.1) is 11.3 Å². The minimum absolute atomic E-state index is 0.190. The first kappa shape index (κ1) is 18.1. The zero-order valence-electron chi connectivity index (χ0n) is 14.3. The molecule has 1 fully saturated rings. The maximum atomic E-state index is 12.8. The molecule has 1 aliphatic rings. The summed E-state index contributed by atoms with van der Waals surface area (Å²) in [6.07, 6.45) is 1.06. The summed E-state index contributed by atoms with van der Waals surface area (Å²) in [6.45, 7) is 5.29. The van der Waals surface area contributed by atoms with Crippen molar-refractivity contribution < 1.29 is 13.2 Å². The van der Waals surface area contributed by atoms with Crippen LogP contribution in [0.25, 0.3) is 0 Å². The summed E-state index contributed by atoms with van der Waals surface area (Å²) in [4.78, 5) is 12.9. The number of piperidine rings is 1. The van der Waals surface area contributed by atoms with Crippen LogP contribution in [0.5, 0.6) is 0 Å². The van der Waals surface area contributed by atoms with Crippen LogP contribution in [-0.4, -0.2) is 31.7 Å². The Kier molecular flexibility index (Phi) is 5.27. The van der Waals surface area contributed by atoms with Crippen molar-refractivity contribution in [3.63, 3.8) is 0 Å². The molecule has 1 saturated heterocycles. The predicted molar refractivity (Wildman–Crippen MR) is 100 cm³/mol. The minimum Gasteiger partial charge on any atom is -0.321 e. The molecule has 1 aromatic carbocycles. The normalized spacial score (nSPS) is 21.8. The van der Waals surface area contributed by atoms with Crippen LogP contribution < -0.4 is 5.32 Å². The second kappa shape index (κ2) is 7.27. The van der Waals surface area contributed by atoms with Crippen molar-refractivity contribution in [2.45, 2.75) is 25.2 Å². The lowest BCUT2D eigenvalue weighted by Gasteiger charge is -2.34. The highest BCUT2D eigenvalue weighted by molar-refractivity contribution is 7.89. The van der Waals surface area contributed by atoms with Gasteiger partial charge in [0.1, 0.15) is 0 Å². The Morgan fingerprint density at radius 2 is 1.76 bits per heavy atom. The van der Waals surface area contributed by atoms with Crippen LogP contribution in [-0.2, 0) is 10.0 Å². The van der Waals surface area contributed by atoms with E-state index < -0.39 is 10.0 Å². The maximum Gasteiger partial charge on any atom is 0.265 e. The van der Waals surface area contributed by atoms with E-state index in [1.165, 1.54) is 11.3 Å². The molecule has 2 atom stereocenters. The van der Waals surface area contributed by atoms with Gasteiger partial charge in [-0.25, -0.2) is 8.42 Å². The number of nitrogens with one attached hydrogen (secondary N) is 1. The van der Waals surface area contributed by atoms with E-state index in [0.29, 0.717) is 35.5 Å². The van der Waals surface area contributed by atoms with E-state index in [1.54, 1.807) is 34.6 Å². The third-order valence-electron chi connectivity index (χ3n) is 4.33. The zero-order valence-corrected chi connectivity index (χ0v) is 15.9. The summed E-state index contributed by atoms with van der Waals surface area (Å²) in [7, 11) is -3.49. The van der Waals surface area contributed by atoms with Crippen molar-refractivity contribution in [1.82, 2.24) is 4.31 Å². The van der Waals surface area contributed by atoms with Gasteiger partial charge in [-0.1, -0.05) is 19.9 Å². The molecule has 1 aromatic heterocycles. The van der Waals surface area contributed by atoms with Crippen LogP contribution in [0.3, 0.4) is 0 Å². The van der Waals surface area contributed by atoms with Crippen molar-refractivity contribution >= 4 is 33.0 Å². The number of amides is 1. The van der Waals surface area contributed by atoms with Gasteiger partial charge in [-0.2, -0.15) is 4.31 Å². The fourth-order valence-electron chi connectivity index (χ4n) is 3.26. The van der Waals surface area contributed by atoms with Crippen molar-refractivity contribution in [3.05, 3.63) is 46.7 Å². The summed E-state index contributed by atoms with van der Waals surface area (Å²) < 4.78 is 27.3. The number of anilines is 1. The summed E-state index contributed by atoms with van der Waals surface area (Å²) in [5.74, 6) is 0.537. The molecule has 0 aliphatic carbocycles. The summed E-state index contributed by atoms with van der Waals surface area (Å²) >= 11 is 1.36. The summed E-state index contributed by atoms with van der Waals surface area (Å²) in [6, 6.07) is 9.95. The molecule has 1 N–H and O–H groups in total. The average Bonchev–Trinajstić information content (AvgIpc) is 3.09. The predicted octanol–water partition coefficient (Wildman–Crippen LogP) is 3.67. The monoisotopic (exact) mass is 378 g/mol. The van der Waals surface area contributed by atoms with Gasteiger partial charge >= 0.3 is 0 Å². The number of hydrogen-bond donors (Lipinski definition) is 1.